The molecule has 2 nitrogen and oxygen atoms in total. The van der Waals surface area contributed by atoms with Gasteiger partial charge in [0.05, 0.1) is 4.70 Å². The first-order valence-electron chi connectivity index (χ1n) is 5.04. The van der Waals surface area contributed by atoms with E-state index >= 15 is 0 Å². The fourth-order valence-corrected chi connectivity index (χ4v) is 3.16. The third-order valence-corrected chi connectivity index (χ3v) is 4.03. The molecule has 0 aliphatic heterocycles. The average molecular weight is 285 g/mol. The molecule has 0 saturated carbocycles. The third kappa shape index (κ3) is 1.88. The Bertz CT molecular complexity index is 463. The van der Waals surface area contributed by atoms with Gasteiger partial charge in [-0.3, -0.25) is 0 Å². The van der Waals surface area contributed by atoms with E-state index in [-0.39, 0.29) is 0 Å². The van der Waals surface area contributed by atoms with Crippen molar-refractivity contribution in [1.29, 1.82) is 0 Å². The van der Waals surface area contributed by atoms with Crippen LogP contribution in [0.4, 0.5) is 5.82 Å². The number of hydrogen-bond acceptors (Lipinski definition) is 3. The van der Waals surface area contributed by atoms with Crippen molar-refractivity contribution >= 4 is 43.2 Å². The molecule has 0 unspecified atom stereocenters. The Morgan fingerprint density at radius 3 is 2.80 bits per heavy atom. The van der Waals surface area contributed by atoms with Crippen LogP contribution in [0.3, 0.4) is 0 Å². The number of pyridine rings is 1. The molecule has 0 saturated heterocycles. The van der Waals surface area contributed by atoms with Gasteiger partial charge < -0.3 is 4.90 Å². The lowest BCUT2D eigenvalue weighted by atomic mass is 10.3. The lowest BCUT2D eigenvalue weighted by molar-refractivity contribution is 0.852. The second kappa shape index (κ2) is 4.49. The summed E-state index contributed by atoms with van der Waals surface area (Å²) in [6.07, 6.45) is 1.89. The minimum absolute atomic E-state index is 0.998. The number of nitrogens with zero attached hydrogens (tertiary/aromatic N) is 2. The maximum atomic E-state index is 4.51. The van der Waals surface area contributed by atoms with Gasteiger partial charge in [-0.1, -0.05) is 0 Å². The largest absolute Gasteiger partial charge is 0.356 e. The van der Waals surface area contributed by atoms with Gasteiger partial charge in [-0.25, -0.2) is 4.98 Å². The summed E-state index contributed by atoms with van der Waals surface area (Å²) >= 11 is 5.28. The van der Waals surface area contributed by atoms with E-state index in [2.05, 4.69) is 51.1 Å². The highest BCUT2D eigenvalue weighted by Crippen LogP contribution is 2.34. The monoisotopic (exact) mass is 284 g/mol. The lowest BCUT2D eigenvalue weighted by Crippen LogP contribution is -2.22. The quantitative estimate of drug-likeness (QED) is 0.850. The van der Waals surface area contributed by atoms with Crippen LogP contribution in [-0.2, 0) is 0 Å². The SMILES string of the molecule is CCN(CC)c1ncc(Br)c2ccsc12. The Hall–Kier alpha value is -0.610. The third-order valence-electron chi connectivity index (χ3n) is 2.49. The first-order chi connectivity index (χ1) is 7.27. The van der Waals surface area contributed by atoms with E-state index in [0.717, 1.165) is 23.4 Å². The average Bonchev–Trinajstić information content (AvgIpc) is 2.72. The van der Waals surface area contributed by atoms with Gasteiger partial charge in [-0.05, 0) is 41.2 Å². The van der Waals surface area contributed by atoms with Crippen LogP contribution in [0.5, 0.6) is 0 Å². The second-order valence-electron chi connectivity index (χ2n) is 3.27. The minimum atomic E-state index is 0.998. The van der Waals surface area contributed by atoms with Gasteiger partial charge in [0.15, 0.2) is 0 Å². The van der Waals surface area contributed by atoms with Gasteiger partial charge in [0, 0.05) is 29.1 Å². The Morgan fingerprint density at radius 2 is 2.13 bits per heavy atom. The lowest BCUT2D eigenvalue weighted by Gasteiger charge is -2.20. The van der Waals surface area contributed by atoms with E-state index < -0.39 is 0 Å². The highest BCUT2D eigenvalue weighted by atomic mass is 79.9. The predicted molar refractivity (Wildman–Crippen MR) is 70.9 cm³/mol. The highest BCUT2D eigenvalue weighted by Gasteiger charge is 2.11. The first-order valence-corrected chi connectivity index (χ1v) is 6.71. The van der Waals surface area contributed by atoms with Gasteiger partial charge >= 0.3 is 0 Å². The topological polar surface area (TPSA) is 16.1 Å². The molecule has 4 heteroatoms. The number of hydrogen-bond donors (Lipinski definition) is 0. The minimum Gasteiger partial charge on any atom is -0.356 e. The van der Waals surface area contributed by atoms with Gasteiger partial charge in [0.25, 0.3) is 0 Å². The number of halogens is 1. The molecule has 0 aliphatic carbocycles. The van der Waals surface area contributed by atoms with Crippen LogP contribution in [0.25, 0.3) is 10.1 Å². The predicted octanol–water partition coefficient (Wildman–Crippen LogP) is 3.91. The molecule has 2 heterocycles. The highest BCUT2D eigenvalue weighted by molar-refractivity contribution is 9.10. The molecule has 0 radical (unpaired) electrons. The summed E-state index contributed by atoms with van der Waals surface area (Å²) in [6, 6.07) is 2.14. The summed E-state index contributed by atoms with van der Waals surface area (Å²) in [5.41, 5.74) is 0. The summed E-state index contributed by atoms with van der Waals surface area (Å²) in [7, 11) is 0. The Balaban J connectivity index is 2.61. The van der Waals surface area contributed by atoms with E-state index in [9.17, 15) is 0 Å². The van der Waals surface area contributed by atoms with Gasteiger partial charge in [0.2, 0.25) is 0 Å². The molecule has 0 fully saturated rings. The number of rotatable bonds is 3. The van der Waals surface area contributed by atoms with Crippen molar-refractivity contribution in [2.24, 2.45) is 0 Å². The van der Waals surface area contributed by atoms with Crippen LogP contribution in [-0.4, -0.2) is 18.1 Å². The number of anilines is 1. The molecule has 80 valence electrons. The standard InChI is InChI=1S/C11H13BrN2S/c1-3-14(4-2)11-10-8(5-6-15-10)9(12)7-13-11/h5-7H,3-4H2,1-2H3. The summed E-state index contributed by atoms with van der Waals surface area (Å²) in [5, 5.41) is 3.38. The van der Waals surface area contributed by atoms with Crippen molar-refractivity contribution in [3.8, 4) is 0 Å². The molecular weight excluding hydrogens is 272 g/mol. The van der Waals surface area contributed by atoms with Crippen molar-refractivity contribution in [3.63, 3.8) is 0 Å². The van der Waals surface area contributed by atoms with Crippen molar-refractivity contribution in [1.82, 2.24) is 4.98 Å². The van der Waals surface area contributed by atoms with Crippen LogP contribution in [0.15, 0.2) is 22.1 Å². The fourth-order valence-electron chi connectivity index (χ4n) is 1.66. The molecule has 0 spiro atoms. The van der Waals surface area contributed by atoms with Crippen LogP contribution < -0.4 is 4.90 Å². The molecule has 2 aromatic heterocycles. The maximum absolute atomic E-state index is 4.51. The summed E-state index contributed by atoms with van der Waals surface area (Å²) < 4.78 is 2.35. The van der Waals surface area contributed by atoms with Crippen molar-refractivity contribution in [2.45, 2.75) is 13.8 Å². The van der Waals surface area contributed by atoms with E-state index in [1.807, 2.05) is 6.20 Å². The molecule has 15 heavy (non-hydrogen) atoms. The van der Waals surface area contributed by atoms with Crippen LogP contribution in [0.2, 0.25) is 0 Å². The van der Waals surface area contributed by atoms with Gasteiger partial charge in [-0.2, -0.15) is 0 Å². The Labute approximate surface area is 102 Å². The molecule has 0 aromatic carbocycles. The van der Waals surface area contributed by atoms with E-state index in [1.165, 1.54) is 10.1 Å². The molecule has 0 N–H and O–H groups in total. The zero-order valence-electron chi connectivity index (χ0n) is 8.83. The molecule has 2 aromatic rings. The van der Waals surface area contributed by atoms with E-state index in [0.29, 0.717) is 0 Å². The maximum Gasteiger partial charge on any atom is 0.146 e. The molecule has 0 atom stereocenters. The van der Waals surface area contributed by atoms with Gasteiger partial charge in [-0.15, -0.1) is 11.3 Å². The smallest absolute Gasteiger partial charge is 0.146 e. The molecular formula is C11H13BrN2S. The molecule has 0 aliphatic rings. The Kier molecular flexibility index (Phi) is 3.26. The zero-order chi connectivity index (χ0) is 10.8. The van der Waals surface area contributed by atoms with Crippen molar-refractivity contribution in [2.75, 3.05) is 18.0 Å². The summed E-state index contributed by atoms with van der Waals surface area (Å²) in [5.74, 6) is 1.10. The normalized spacial score (nSPS) is 10.9. The zero-order valence-corrected chi connectivity index (χ0v) is 11.2. The second-order valence-corrected chi connectivity index (χ2v) is 5.04. The Morgan fingerprint density at radius 1 is 1.40 bits per heavy atom. The molecule has 0 amide bonds. The van der Waals surface area contributed by atoms with Crippen LogP contribution in [0, 0.1) is 0 Å². The van der Waals surface area contributed by atoms with E-state index in [4.69, 9.17) is 0 Å². The number of fused-ring (bicyclic) bond motifs is 1. The van der Waals surface area contributed by atoms with E-state index in [1.54, 1.807) is 11.3 Å². The van der Waals surface area contributed by atoms with Crippen molar-refractivity contribution in [3.05, 3.63) is 22.1 Å². The number of thiophene rings is 1. The van der Waals surface area contributed by atoms with Crippen LogP contribution in [0.1, 0.15) is 13.8 Å². The number of aromatic nitrogens is 1. The molecule has 2 rings (SSSR count). The first kappa shape index (κ1) is 10.9. The summed E-state index contributed by atoms with van der Waals surface area (Å²) in [4.78, 5) is 6.79. The molecule has 0 bridgehead atoms. The summed E-state index contributed by atoms with van der Waals surface area (Å²) in [6.45, 7) is 6.32. The van der Waals surface area contributed by atoms with Crippen molar-refractivity contribution < 1.29 is 0 Å². The fraction of sp³-hybridized carbons (Fsp3) is 0.364. The van der Waals surface area contributed by atoms with Crippen LogP contribution >= 0.6 is 27.3 Å². The van der Waals surface area contributed by atoms with Gasteiger partial charge in [0.1, 0.15) is 5.82 Å².